The SMILES string of the molecule is COCCC(Cc1ccc(Oc2ccc(CC(CCOC)C(F)(F)F)cc2Cc2ccc(-c3ccc(C)cc3F)cc2)c(Cc2ccc(-c3ccc(C)cc3F)cc2)c1)C(F)(F)F. The lowest BCUT2D eigenvalue weighted by Crippen LogP contribution is -2.26. The Morgan fingerprint density at radius 2 is 0.825 bits per heavy atom. The summed E-state index contributed by atoms with van der Waals surface area (Å²) < 4.78 is 131. The molecule has 11 heteroatoms. The summed E-state index contributed by atoms with van der Waals surface area (Å²) in [6, 6.07) is 34.2. The van der Waals surface area contributed by atoms with E-state index < -0.39 is 24.2 Å². The summed E-state index contributed by atoms with van der Waals surface area (Å²) in [5.41, 5.74) is 7.34. The predicted molar refractivity (Wildman–Crippen MR) is 231 cm³/mol. The fourth-order valence-corrected chi connectivity index (χ4v) is 7.72. The highest BCUT2D eigenvalue weighted by Crippen LogP contribution is 2.38. The van der Waals surface area contributed by atoms with Crippen LogP contribution in [0.3, 0.4) is 0 Å². The van der Waals surface area contributed by atoms with Crippen LogP contribution >= 0.6 is 0 Å². The maximum Gasteiger partial charge on any atom is 0.392 e. The highest BCUT2D eigenvalue weighted by Gasteiger charge is 2.40. The van der Waals surface area contributed by atoms with Crippen molar-refractivity contribution in [3.63, 3.8) is 0 Å². The minimum Gasteiger partial charge on any atom is -0.457 e. The Balaban J connectivity index is 1.37. The number of hydrogen-bond acceptors (Lipinski definition) is 3. The Bertz CT molecular complexity index is 2270. The van der Waals surface area contributed by atoms with Gasteiger partial charge in [-0.05, 0) is 119 Å². The largest absolute Gasteiger partial charge is 0.457 e. The number of ether oxygens (including phenoxy) is 3. The van der Waals surface area contributed by atoms with Gasteiger partial charge < -0.3 is 14.2 Å². The van der Waals surface area contributed by atoms with Crippen LogP contribution in [0.15, 0.2) is 121 Å². The molecular weight excluding hydrogens is 825 g/mol. The van der Waals surface area contributed by atoms with Crippen molar-refractivity contribution in [2.75, 3.05) is 27.4 Å². The Labute approximate surface area is 363 Å². The molecule has 6 rings (SSSR count). The van der Waals surface area contributed by atoms with E-state index in [-0.39, 0.29) is 63.4 Å². The Kier molecular flexibility index (Phi) is 15.5. The van der Waals surface area contributed by atoms with Gasteiger partial charge in [0.1, 0.15) is 23.1 Å². The number of methoxy groups -OCH3 is 2. The molecule has 0 aliphatic heterocycles. The Morgan fingerprint density at radius 3 is 1.16 bits per heavy atom. The first-order chi connectivity index (χ1) is 30.0. The third-order valence-corrected chi connectivity index (χ3v) is 11.3. The van der Waals surface area contributed by atoms with Gasteiger partial charge in [0.2, 0.25) is 0 Å². The van der Waals surface area contributed by atoms with Crippen LogP contribution in [-0.4, -0.2) is 39.8 Å². The standard InChI is InChI=1S/C52H50F8O3/c1-33-5-17-45(47(53)25-33)39-13-7-35(8-14-39)27-41-29-37(31-43(21-23-61-3)51(55,56)57)11-19-49(41)63-50-20-12-38(32-44(22-24-62-4)52(58,59)60)30-42(50)28-36-9-15-40(16-10-36)46-18-6-34(2)26-48(46)54/h5-20,25-26,29-30,43-44H,21-24,27-28,31-32H2,1-4H3. The molecule has 0 aliphatic rings. The third kappa shape index (κ3) is 12.8. The zero-order valence-corrected chi connectivity index (χ0v) is 35.6. The van der Waals surface area contributed by atoms with E-state index in [1.54, 1.807) is 86.6 Å². The molecule has 0 bridgehead atoms. The average Bonchev–Trinajstić information content (AvgIpc) is 3.22. The first kappa shape index (κ1) is 47.0. The van der Waals surface area contributed by atoms with Crippen LogP contribution in [0.25, 0.3) is 22.3 Å². The molecule has 6 aromatic carbocycles. The maximum absolute atomic E-state index is 14.9. The van der Waals surface area contributed by atoms with E-state index in [9.17, 15) is 35.1 Å². The number of alkyl halides is 6. The van der Waals surface area contributed by atoms with E-state index in [1.807, 2.05) is 36.4 Å². The average molecular weight is 875 g/mol. The van der Waals surface area contributed by atoms with E-state index >= 15 is 0 Å². The predicted octanol–water partition coefficient (Wildman–Crippen LogP) is 14.4. The molecule has 0 N–H and O–H groups in total. The molecule has 6 aromatic rings. The van der Waals surface area contributed by atoms with Crippen LogP contribution in [0.1, 0.15) is 57.3 Å². The molecule has 2 atom stereocenters. The van der Waals surface area contributed by atoms with Crippen molar-refractivity contribution in [2.24, 2.45) is 11.8 Å². The van der Waals surface area contributed by atoms with E-state index in [2.05, 4.69) is 0 Å². The van der Waals surface area contributed by atoms with Gasteiger partial charge in [-0.2, -0.15) is 26.3 Å². The normalized spacial score (nSPS) is 13.0. The van der Waals surface area contributed by atoms with Crippen LogP contribution in [0.5, 0.6) is 11.5 Å². The molecular formula is C52H50F8O3. The van der Waals surface area contributed by atoms with Gasteiger partial charge in [0, 0.05) is 51.4 Å². The lowest BCUT2D eigenvalue weighted by molar-refractivity contribution is -0.179. The van der Waals surface area contributed by atoms with Crippen LogP contribution in [-0.2, 0) is 35.2 Å². The quantitative estimate of drug-likeness (QED) is 0.0805. The zero-order valence-electron chi connectivity index (χ0n) is 35.6. The van der Waals surface area contributed by atoms with Gasteiger partial charge in [-0.25, -0.2) is 8.78 Å². The fraction of sp³-hybridized carbons (Fsp3) is 0.308. The summed E-state index contributed by atoms with van der Waals surface area (Å²) in [5.74, 6) is -3.33. The first-order valence-electron chi connectivity index (χ1n) is 20.7. The van der Waals surface area contributed by atoms with Crippen LogP contribution in [0, 0.1) is 37.3 Å². The van der Waals surface area contributed by atoms with Crippen molar-refractivity contribution < 1.29 is 49.3 Å². The van der Waals surface area contributed by atoms with Crippen molar-refractivity contribution in [1.29, 1.82) is 0 Å². The van der Waals surface area contributed by atoms with Gasteiger partial charge >= 0.3 is 12.4 Å². The van der Waals surface area contributed by atoms with Gasteiger partial charge in [0.25, 0.3) is 0 Å². The van der Waals surface area contributed by atoms with Crippen LogP contribution in [0.2, 0.25) is 0 Å². The van der Waals surface area contributed by atoms with Crippen molar-refractivity contribution in [2.45, 2.75) is 64.7 Å². The summed E-state index contributed by atoms with van der Waals surface area (Å²) in [5, 5.41) is 0. The lowest BCUT2D eigenvalue weighted by atomic mass is 9.92. The highest BCUT2D eigenvalue weighted by molar-refractivity contribution is 5.66. The molecule has 0 aliphatic carbocycles. The maximum atomic E-state index is 14.9. The number of halogens is 8. The highest BCUT2D eigenvalue weighted by atomic mass is 19.4. The van der Waals surface area contributed by atoms with Crippen LogP contribution < -0.4 is 4.74 Å². The summed E-state index contributed by atoms with van der Waals surface area (Å²) >= 11 is 0. The molecule has 0 heterocycles. The molecule has 0 saturated carbocycles. The number of aryl methyl sites for hydroxylation is 2. The molecule has 332 valence electrons. The molecule has 0 spiro atoms. The zero-order chi connectivity index (χ0) is 45.3. The third-order valence-electron chi connectivity index (χ3n) is 11.3. The molecule has 0 amide bonds. The summed E-state index contributed by atoms with van der Waals surface area (Å²) in [6.07, 6.45) is -9.48. The number of rotatable bonds is 18. The number of hydrogen-bond donors (Lipinski definition) is 0. The van der Waals surface area contributed by atoms with Gasteiger partial charge in [-0.15, -0.1) is 0 Å². The van der Waals surface area contributed by atoms with Gasteiger partial charge in [0.05, 0.1) is 11.8 Å². The molecule has 0 aromatic heterocycles. The van der Waals surface area contributed by atoms with Crippen molar-refractivity contribution in [3.05, 3.63) is 177 Å². The van der Waals surface area contributed by atoms with Crippen molar-refractivity contribution in [1.82, 2.24) is 0 Å². The summed E-state index contributed by atoms with van der Waals surface area (Å²) in [6.45, 7) is 3.48. The monoisotopic (exact) mass is 874 g/mol. The lowest BCUT2D eigenvalue weighted by Gasteiger charge is -2.22. The van der Waals surface area contributed by atoms with E-state index in [0.29, 0.717) is 56.0 Å². The summed E-state index contributed by atoms with van der Waals surface area (Å²) in [4.78, 5) is 0. The minimum absolute atomic E-state index is 0.0629. The van der Waals surface area contributed by atoms with Gasteiger partial charge in [-0.1, -0.05) is 97.1 Å². The minimum atomic E-state index is -4.47. The molecule has 2 unspecified atom stereocenters. The Morgan fingerprint density at radius 1 is 0.460 bits per heavy atom. The van der Waals surface area contributed by atoms with Gasteiger partial charge in [0.15, 0.2) is 0 Å². The second kappa shape index (κ2) is 20.8. The topological polar surface area (TPSA) is 27.7 Å². The van der Waals surface area contributed by atoms with E-state index in [0.717, 1.165) is 22.3 Å². The second-order valence-electron chi connectivity index (χ2n) is 16.1. The number of benzene rings is 6. The molecule has 0 fully saturated rings. The second-order valence-corrected chi connectivity index (χ2v) is 16.1. The molecule has 0 radical (unpaired) electrons. The van der Waals surface area contributed by atoms with E-state index in [4.69, 9.17) is 14.2 Å². The van der Waals surface area contributed by atoms with E-state index in [1.165, 1.54) is 26.4 Å². The van der Waals surface area contributed by atoms with Crippen LogP contribution in [0.4, 0.5) is 35.1 Å². The smallest absolute Gasteiger partial charge is 0.392 e. The molecule has 63 heavy (non-hydrogen) atoms. The summed E-state index contributed by atoms with van der Waals surface area (Å²) in [7, 11) is 2.71. The fourth-order valence-electron chi connectivity index (χ4n) is 7.72. The van der Waals surface area contributed by atoms with Gasteiger partial charge in [-0.3, -0.25) is 0 Å². The van der Waals surface area contributed by atoms with Crippen molar-refractivity contribution >= 4 is 0 Å². The molecule has 3 nitrogen and oxygen atoms in total. The molecule has 0 saturated heterocycles. The van der Waals surface area contributed by atoms with Crippen molar-refractivity contribution in [3.8, 4) is 33.8 Å². The first-order valence-corrected chi connectivity index (χ1v) is 20.7. The Hall–Kier alpha value is -5.52.